The number of rotatable bonds is 4. The molecule has 0 aliphatic rings. The van der Waals surface area contributed by atoms with Crippen molar-refractivity contribution in [2.45, 2.75) is 19.9 Å². The fourth-order valence-corrected chi connectivity index (χ4v) is 0.998. The van der Waals surface area contributed by atoms with Crippen LogP contribution in [0, 0.1) is 0 Å². The van der Waals surface area contributed by atoms with Crippen LogP contribution >= 0.6 is 0 Å². The first-order valence-corrected chi connectivity index (χ1v) is 4.54. The van der Waals surface area contributed by atoms with Gasteiger partial charge in [0.25, 0.3) is 0 Å². The molecular weight excluding hydrogens is 174 g/mol. The minimum Gasteiger partial charge on any atom is -0.401 e. The molecular formula is C11H19N3. The highest BCUT2D eigenvalue weighted by atomic mass is 14.8. The number of hydrogen-bond acceptors (Lipinski definition) is 3. The summed E-state index contributed by atoms with van der Waals surface area (Å²) >= 11 is 0. The lowest BCUT2D eigenvalue weighted by Crippen LogP contribution is -2.08. The molecule has 14 heavy (non-hydrogen) atoms. The first kappa shape index (κ1) is 12.5. The van der Waals surface area contributed by atoms with E-state index < -0.39 is 0 Å². The van der Waals surface area contributed by atoms with Gasteiger partial charge in [0, 0.05) is 18.4 Å². The zero-order chi connectivity index (χ0) is 9.52. The van der Waals surface area contributed by atoms with Crippen LogP contribution in [-0.2, 0) is 6.54 Å². The SMILES string of the molecule is CC/C(N)=C/NCc1ccccc1.N. The van der Waals surface area contributed by atoms with Crippen LogP contribution in [0.2, 0.25) is 0 Å². The van der Waals surface area contributed by atoms with Gasteiger partial charge in [0.1, 0.15) is 0 Å². The van der Waals surface area contributed by atoms with Crippen LogP contribution in [0.15, 0.2) is 42.2 Å². The third kappa shape index (κ3) is 4.52. The molecule has 0 spiro atoms. The molecule has 1 rings (SSSR count). The predicted octanol–water partition coefficient (Wildman–Crippen LogP) is 2.15. The third-order valence-electron chi connectivity index (χ3n) is 1.84. The smallest absolute Gasteiger partial charge is 0.0395 e. The maximum absolute atomic E-state index is 5.64. The molecule has 0 aliphatic heterocycles. The second-order valence-electron chi connectivity index (χ2n) is 2.94. The summed E-state index contributed by atoms with van der Waals surface area (Å²) in [7, 11) is 0. The van der Waals surface area contributed by atoms with E-state index in [1.807, 2.05) is 31.3 Å². The van der Waals surface area contributed by atoms with E-state index in [9.17, 15) is 0 Å². The van der Waals surface area contributed by atoms with Crippen LogP contribution in [0.3, 0.4) is 0 Å². The molecule has 0 saturated heterocycles. The fourth-order valence-electron chi connectivity index (χ4n) is 0.998. The molecule has 0 radical (unpaired) electrons. The first-order valence-electron chi connectivity index (χ1n) is 4.54. The Labute approximate surface area is 85.6 Å². The molecule has 0 unspecified atom stereocenters. The Hall–Kier alpha value is -1.48. The molecule has 0 amide bonds. The number of benzene rings is 1. The van der Waals surface area contributed by atoms with Crippen molar-refractivity contribution in [1.82, 2.24) is 11.5 Å². The van der Waals surface area contributed by atoms with Crippen LogP contribution < -0.4 is 17.2 Å². The van der Waals surface area contributed by atoms with Gasteiger partial charge in [0.05, 0.1) is 0 Å². The Morgan fingerprint density at radius 2 is 2.00 bits per heavy atom. The summed E-state index contributed by atoms with van der Waals surface area (Å²) in [5, 5.41) is 3.17. The van der Waals surface area contributed by atoms with E-state index in [1.54, 1.807) is 0 Å². The Morgan fingerprint density at radius 3 is 2.57 bits per heavy atom. The van der Waals surface area contributed by atoms with Crippen LogP contribution in [0.5, 0.6) is 0 Å². The van der Waals surface area contributed by atoms with E-state index in [1.165, 1.54) is 5.56 Å². The predicted molar refractivity (Wildman–Crippen MR) is 60.9 cm³/mol. The van der Waals surface area contributed by atoms with Crippen LogP contribution in [0.4, 0.5) is 0 Å². The molecule has 0 atom stereocenters. The Kier molecular flexibility index (Phi) is 6.24. The maximum atomic E-state index is 5.64. The largest absolute Gasteiger partial charge is 0.401 e. The molecule has 0 saturated carbocycles. The maximum Gasteiger partial charge on any atom is 0.0395 e. The summed E-state index contributed by atoms with van der Waals surface area (Å²) in [5.74, 6) is 0. The van der Waals surface area contributed by atoms with Crippen LogP contribution in [0.1, 0.15) is 18.9 Å². The van der Waals surface area contributed by atoms with E-state index in [0.29, 0.717) is 0 Å². The summed E-state index contributed by atoms with van der Waals surface area (Å²) < 4.78 is 0. The molecule has 0 aliphatic carbocycles. The number of hydrogen-bond donors (Lipinski definition) is 3. The summed E-state index contributed by atoms with van der Waals surface area (Å²) in [6.45, 7) is 2.87. The number of allylic oxidation sites excluding steroid dienone is 1. The number of nitrogens with two attached hydrogens (primary N) is 1. The highest BCUT2D eigenvalue weighted by Gasteiger charge is 1.87. The minimum absolute atomic E-state index is 0. The van der Waals surface area contributed by atoms with Gasteiger partial charge in [-0.3, -0.25) is 0 Å². The average molecular weight is 193 g/mol. The minimum atomic E-state index is 0. The van der Waals surface area contributed by atoms with Crippen LogP contribution in [-0.4, -0.2) is 0 Å². The Morgan fingerprint density at radius 1 is 1.36 bits per heavy atom. The summed E-state index contributed by atoms with van der Waals surface area (Å²) in [6, 6.07) is 10.2. The lowest BCUT2D eigenvalue weighted by molar-refractivity contribution is 0.847. The van der Waals surface area contributed by atoms with Gasteiger partial charge < -0.3 is 17.2 Å². The highest BCUT2D eigenvalue weighted by Crippen LogP contribution is 1.97. The third-order valence-corrected chi connectivity index (χ3v) is 1.84. The normalized spacial score (nSPS) is 10.5. The molecule has 78 valence electrons. The lowest BCUT2D eigenvalue weighted by atomic mass is 10.2. The molecule has 0 heterocycles. The zero-order valence-electron chi connectivity index (χ0n) is 8.66. The van der Waals surface area contributed by atoms with E-state index in [4.69, 9.17) is 5.73 Å². The topological polar surface area (TPSA) is 73.0 Å². The lowest BCUT2D eigenvalue weighted by Gasteiger charge is -2.02. The van der Waals surface area contributed by atoms with Gasteiger partial charge in [-0.15, -0.1) is 0 Å². The monoisotopic (exact) mass is 193 g/mol. The summed E-state index contributed by atoms with van der Waals surface area (Å²) in [4.78, 5) is 0. The molecule has 1 aromatic rings. The van der Waals surface area contributed by atoms with Crippen molar-refractivity contribution in [2.24, 2.45) is 5.73 Å². The van der Waals surface area contributed by atoms with Gasteiger partial charge in [-0.2, -0.15) is 0 Å². The second-order valence-corrected chi connectivity index (χ2v) is 2.94. The van der Waals surface area contributed by atoms with Gasteiger partial charge >= 0.3 is 0 Å². The summed E-state index contributed by atoms with van der Waals surface area (Å²) in [5.41, 5.74) is 7.79. The van der Waals surface area contributed by atoms with E-state index in [0.717, 1.165) is 18.7 Å². The summed E-state index contributed by atoms with van der Waals surface area (Å²) in [6.07, 6.45) is 2.76. The van der Waals surface area contributed by atoms with Gasteiger partial charge in [-0.05, 0) is 12.0 Å². The van der Waals surface area contributed by atoms with Gasteiger partial charge in [0.2, 0.25) is 0 Å². The van der Waals surface area contributed by atoms with E-state index >= 15 is 0 Å². The zero-order valence-corrected chi connectivity index (χ0v) is 8.66. The van der Waals surface area contributed by atoms with Gasteiger partial charge in [-0.1, -0.05) is 37.3 Å². The van der Waals surface area contributed by atoms with Crippen molar-refractivity contribution in [3.63, 3.8) is 0 Å². The standard InChI is InChI=1S/C11H16N2.H3N/c1-2-11(12)9-13-8-10-6-4-3-5-7-10;/h3-7,9,13H,2,8,12H2,1H3;1H3/b11-9-;. The van der Waals surface area contributed by atoms with Crippen LogP contribution in [0.25, 0.3) is 0 Å². The Bertz CT molecular complexity index is 267. The molecule has 0 bridgehead atoms. The van der Waals surface area contributed by atoms with Crippen molar-refractivity contribution in [3.8, 4) is 0 Å². The molecule has 6 N–H and O–H groups in total. The fraction of sp³-hybridized carbons (Fsp3) is 0.273. The number of nitrogens with one attached hydrogen (secondary N) is 1. The van der Waals surface area contributed by atoms with Crippen molar-refractivity contribution in [1.29, 1.82) is 0 Å². The molecule has 0 aromatic heterocycles. The molecule has 3 nitrogen and oxygen atoms in total. The Balaban J connectivity index is 0.00000169. The van der Waals surface area contributed by atoms with Crippen molar-refractivity contribution in [3.05, 3.63) is 47.8 Å². The second kappa shape index (κ2) is 6.97. The first-order chi connectivity index (χ1) is 6.33. The van der Waals surface area contributed by atoms with Crippen molar-refractivity contribution >= 4 is 0 Å². The molecule has 1 aromatic carbocycles. The molecule has 0 fully saturated rings. The van der Waals surface area contributed by atoms with Gasteiger partial charge in [0.15, 0.2) is 0 Å². The highest BCUT2D eigenvalue weighted by molar-refractivity contribution is 5.14. The van der Waals surface area contributed by atoms with Crippen molar-refractivity contribution < 1.29 is 0 Å². The van der Waals surface area contributed by atoms with E-state index in [-0.39, 0.29) is 6.15 Å². The van der Waals surface area contributed by atoms with Crippen molar-refractivity contribution in [2.75, 3.05) is 0 Å². The van der Waals surface area contributed by atoms with E-state index in [2.05, 4.69) is 17.4 Å². The quantitative estimate of drug-likeness (QED) is 0.686. The van der Waals surface area contributed by atoms with Gasteiger partial charge in [-0.25, -0.2) is 0 Å². The molecule has 3 heteroatoms. The average Bonchev–Trinajstić information content (AvgIpc) is 2.19.